The lowest BCUT2D eigenvalue weighted by molar-refractivity contribution is 0.0746. The fourth-order valence-corrected chi connectivity index (χ4v) is 4.52. The van der Waals surface area contributed by atoms with E-state index in [2.05, 4.69) is 15.5 Å². The number of halogens is 1. The molecule has 0 aliphatic carbocycles. The summed E-state index contributed by atoms with van der Waals surface area (Å²) in [4.78, 5) is 29.6. The molecule has 0 atom stereocenters. The van der Waals surface area contributed by atoms with Gasteiger partial charge in [-0.3, -0.25) is 14.9 Å². The maximum Gasteiger partial charge on any atom is 0.267 e. The molecule has 1 fully saturated rings. The van der Waals surface area contributed by atoms with Gasteiger partial charge in [-0.2, -0.15) is 0 Å². The van der Waals surface area contributed by atoms with E-state index in [4.69, 9.17) is 23.8 Å². The zero-order chi connectivity index (χ0) is 22.5. The minimum absolute atomic E-state index is 0.0390. The summed E-state index contributed by atoms with van der Waals surface area (Å²) in [6.07, 6.45) is 0. The molecule has 1 aliphatic rings. The number of hydrogen-bond acceptors (Lipinski definition) is 5. The van der Waals surface area contributed by atoms with Gasteiger partial charge in [-0.25, -0.2) is 0 Å². The van der Waals surface area contributed by atoms with Crippen LogP contribution in [0.2, 0.25) is 5.02 Å². The third-order valence-corrected chi connectivity index (χ3v) is 6.41. The van der Waals surface area contributed by atoms with E-state index in [0.29, 0.717) is 47.3 Å². The largest absolute Gasteiger partial charge is 0.366 e. The third kappa shape index (κ3) is 5.27. The van der Waals surface area contributed by atoms with Gasteiger partial charge >= 0.3 is 0 Å². The van der Waals surface area contributed by atoms with E-state index in [-0.39, 0.29) is 16.9 Å². The van der Waals surface area contributed by atoms with Crippen molar-refractivity contribution in [2.75, 3.05) is 36.4 Å². The average Bonchev–Trinajstić information content (AvgIpc) is 3.35. The summed E-state index contributed by atoms with van der Waals surface area (Å²) in [5, 5.41) is 8.39. The maximum atomic E-state index is 12.7. The van der Waals surface area contributed by atoms with Gasteiger partial charge < -0.3 is 15.1 Å². The van der Waals surface area contributed by atoms with Gasteiger partial charge in [-0.15, -0.1) is 11.3 Å². The topological polar surface area (TPSA) is 64.7 Å². The average molecular weight is 485 g/mol. The van der Waals surface area contributed by atoms with Gasteiger partial charge in [0.05, 0.1) is 16.3 Å². The smallest absolute Gasteiger partial charge is 0.267 e. The SMILES string of the molecule is O=C(NC(=S)Nc1cc(Cl)ccc1N1CCN(C(=O)c2ccccc2)CC1)c1cccs1. The summed E-state index contributed by atoms with van der Waals surface area (Å²) in [5.41, 5.74) is 2.31. The van der Waals surface area contributed by atoms with Gasteiger partial charge in [-0.05, 0) is 54.0 Å². The molecule has 1 aliphatic heterocycles. The van der Waals surface area contributed by atoms with Crippen molar-refractivity contribution in [3.05, 3.63) is 81.5 Å². The van der Waals surface area contributed by atoms with Gasteiger partial charge in [0.2, 0.25) is 0 Å². The van der Waals surface area contributed by atoms with Crippen molar-refractivity contribution in [3.63, 3.8) is 0 Å². The standard InChI is InChI=1S/C23H21ClN4O2S2/c24-17-8-9-19(18(15-17)25-23(31)26-21(29)20-7-4-14-32-20)27-10-12-28(13-11-27)22(30)16-5-2-1-3-6-16/h1-9,14-15H,10-13H2,(H2,25,26,29,31). The van der Waals surface area contributed by atoms with Crippen molar-refractivity contribution in [1.82, 2.24) is 10.2 Å². The zero-order valence-electron chi connectivity index (χ0n) is 17.1. The monoisotopic (exact) mass is 484 g/mol. The quantitative estimate of drug-likeness (QED) is 0.534. The van der Waals surface area contributed by atoms with Crippen LogP contribution < -0.4 is 15.5 Å². The molecule has 4 rings (SSSR count). The molecule has 9 heteroatoms. The number of thiocarbonyl (C=S) groups is 1. The van der Waals surface area contributed by atoms with Gasteiger partial charge in [-0.1, -0.05) is 35.9 Å². The number of carbonyl (C=O) groups is 2. The van der Waals surface area contributed by atoms with Crippen LogP contribution >= 0.6 is 35.2 Å². The summed E-state index contributed by atoms with van der Waals surface area (Å²) in [6.45, 7) is 2.55. The molecule has 32 heavy (non-hydrogen) atoms. The fourth-order valence-electron chi connectivity index (χ4n) is 3.52. The molecule has 2 aromatic carbocycles. The zero-order valence-corrected chi connectivity index (χ0v) is 19.5. The van der Waals surface area contributed by atoms with Crippen molar-refractivity contribution in [3.8, 4) is 0 Å². The Hall–Kier alpha value is -2.94. The highest BCUT2D eigenvalue weighted by atomic mass is 35.5. The molecule has 0 unspecified atom stereocenters. The molecule has 0 saturated carbocycles. The van der Waals surface area contributed by atoms with Gasteiger partial charge in [0, 0.05) is 36.8 Å². The lowest BCUT2D eigenvalue weighted by Crippen LogP contribution is -2.49. The number of anilines is 2. The predicted molar refractivity (Wildman–Crippen MR) is 134 cm³/mol. The number of carbonyl (C=O) groups excluding carboxylic acids is 2. The lowest BCUT2D eigenvalue weighted by Gasteiger charge is -2.37. The molecule has 0 bridgehead atoms. The molecule has 0 spiro atoms. The second-order valence-electron chi connectivity index (χ2n) is 7.19. The first kappa shape index (κ1) is 22.3. The summed E-state index contributed by atoms with van der Waals surface area (Å²) in [6, 6.07) is 18.4. The van der Waals surface area contributed by atoms with Crippen LogP contribution in [0.1, 0.15) is 20.0 Å². The summed E-state index contributed by atoms with van der Waals surface area (Å²) in [5.74, 6) is -0.216. The third-order valence-electron chi connectivity index (χ3n) is 5.11. The van der Waals surface area contributed by atoms with Gasteiger partial charge in [0.1, 0.15) is 0 Å². The normalized spacial score (nSPS) is 13.5. The molecule has 6 nitrogen and oxygen atoms in total. The number of rotatable bonds is 4. The van der Waals surface area contributed by atoms with Crippen LogP contribution in [0, 0.1) is 0 Å². The van der Waals surface area contributed by atoms with Crippen LogP contribution in [0.4, 0.5) is 11.4 Å². The van der Waals surface area contributed by atoms with Crippen molar-refractivity contribution >= 4 is 63.5 Å². The number of amides is 2. The molecule has 2 amide bonds. The summed E-state index contributed by atoms with van der Waals surface area (Å²) in [7, 11) is 0. The molecule has 2 N–H and O–H groups in total. The minimum atomic E-state index is -0.255. The number of nitrogens with one attached hydrogen (secondary N) is 2. The van der Waals surface area contributed by atoms with Crippen LogP contribution in [0.3, 0.4) is 0 Å². The van der Waals surface area contributed by atoms with E-state index in [1.165, 1.54) is 11.3 Å². The fraction of sp³-hybridized carbons (Fsp3) is 0.174. The van der Waals surface area contributed by atoms with E-state index >= 15 is 0 Å². The van der Waals surface area contributed by atoms with Crippen LogP contribution in [-0.2, 0) is 0 Å². The van der Waals surface area contributed by atoms with Crippen molar-refractivity contribution in [1.29, 1.82) is 0 Å². The minimum Gasteiger partial charge on any atom is -0.366 e. The van der Waals surface area contributed by atoms with E-state index in [1.54, 1.807) is 12.1 Å². The molecule has 164 valence electrons. The molecular weight excluding hydrogens is 464 g/mol. The number of benzene rings is 2. The molecule has 3 aromatic rings. The number of piperazine rings is 1. The Kier molecular flexibility index (Phi) is 7.04. The Morgan fingerprint density at radius 1 is 0.969 bits per heavy atom. The predicted octanol–water partition coefficient (Wildman–Crippen LogP) is 4.49. The van der Waals surface area contributed by atoms with E-state index in [0.717, 1.165) is 5.69 Å². The number of hydrogen-bond donors (Lipinski definition) is 2. The number of thiophene rings is 1. The number of nitrogens with zero attached hydrogens (tertiary/aromatic N) is 2. The second-order valence-corrected chi connectivity index (χ2v) is 8.98. The highest BCUT2D eigenvalue weighted by molar-refractivity contribution is 7.80. The molecule has 0 radical (unpaired) electrons. The van der Waals surface area contributed by atoms with E-state index < -0.39 is 0 Å². The van der Waals surface area contributed by atoms with Gasteiger partial charge in [0.15, 0.2) is 5.11 Å². The molecular formula is C23H21ClN4O2S2. The van der Waals surface area contributed by atoms with E-state index in [9.17, 15) is 9.59 Å². The van der Waals surface area contributed by atoms with Crippen molar-refractivity contribution in [2.45, 2.75) is 0 Å². The Labute approximate surface area is 200 Å². The Morgan fingerprint density at radius 2 is 1.72 bits per heavy atom. The van der Waals surface area contributed by atoms with Crippen molar-refractivity contribution in [2.24, 2.45) is 0 Å². The first-order valence-corrected chi connectivity index (χ1v) is 11.7. The summed E-state index contributed by atoms with van der Waals surface area (Å²) < 4.78 is 0. The van der Waals surface area contributed by atoms with Crippen LogP contribution in [-0.4, -0.2) is 48.0 Å². The second kappa shape index (κ2) is 10.1. The van der Waals surface area contributed by atoms with Crippen LogP contribution in [0.5, 0.6) is 0 Å². The highest BCUT2D eigenvalue weighted by Gasteiger charge is 2.24. The first-order valence-electron chi connectivity index (χ1n) is 10.1. The molecule has 2 heterocycles. The Balaban J connectivity index is 1.42. The van der Waals surface area contributed by atoms with E-state index in [1.807, 2.05) is 58.8 Å². The maximum absolute atomic E-state index is 12.7. The Bertz CT molecular complexity index is 1110. The van der Waals surface area contributed by atoms with Crippen LogP contribution in [0.25, 0.3) is 0 Å². The van der Waals surface area contributed by atoms with Crippen molar-refractivity contribution < 1.29 is 9.59 Å². The Morgan fingerprint density at radius 3 is 2.41 bits per heavy atom. The van der Waals surface area contributed by atoms with Gasteiger partial charge in [0.25, 0.3) is 11.8 Å². The molecule has 1 aromatic heterocycles. The lowest BCUT2D eigenvalue weighted by atomic mass is 10.1. The first-order chi connectivity index (χ1) is 15.5. The highest BCUT2D eigenvalue weighted by Crippen LogP contribution is 2.30. The van der Waals surface area contributed by atoms with Crippen LogP contribution in [0.15, 0.2) is 66.0 Å². The summed E-state index contributed by atoms with van der Waals surface area (Å²) >= 11 is 12.9. The molecule has 1 saturated heterocycles.